The largest absolute Gasteiger partial charge is 0.323 e. The Balaban J connectivity index is 2.43. The van der Waals surface area contributed by atoms with Gasteiger partial charge < -0.3 is 10.1 Å². The minimum Gasteiger partial charge on any atom is -0.323 e. The summed E-state index contributed by atoms with van der Waals surface area (Å²) >= 11 is 3.37. The van der Waals surface area contributed by atoms with Crippen LogP contribution in [0.4, 0.5) is 0 Å². The molecule has 1 aromatic carbocycles. The third-order valence-corrected chi connectivity index (χ3v) is 4.76. The minimum atomic E-state index is -0.686. The van der Waals surface area contributed by atoms with Gasteiger partial charge in [-0.15, -0.1) is 5.06 Å². The standard InChI is InChI=1S/C14H19BrN2O2/c1-9(2)14(3)16(4)13(18)12(17(14)19)10-5-7-11(15)8-6-10/h5-9,12,19H,1-4H3/t12-,14-/m1/s1. The Morgan fingerprint density at radius 2 is 1.84 bits per heavy atom. The summed E-state index contributed by atoms with van der Waals surface area (Å²) in [7, 11) is 1.74. The average Bonchev–Trinajstić information content (AvgIpc) is 2.54. The predicted molar refractivity (Wildman–Crippen MR) is 76.5 cm³/mol. The molecule has 0 aliphatic carbocycles. The lowest BCUT2D eigenvalue weighted by molar-refractivity contribution is -0.210. The SMILES string of the molecule is CC(C)[C@]1(C)N(C)C(=O)[C@@H](c2ccc(Br)cc2)N1O. The fourth-order valence-corrected chi connectivity index (χ4v) is 2.77. The number of rotatable bonds is 2. The predicted octanol–water partition coefficient (Wildman–Crippen LogP) is 3.03. The molecule has 1 amide bonds. The van der Waals surface area contributed by atoms with Gasteiger partial charge in [-0.2, -0.15) is 0 Å². The lowest BCUT2D eigenvalue weighted by atomic mass is 9.97. The zero-order valence-electron chi connectivity index (χ0n) is 11.6. The van der Waals surface area contributed by atoms with E-state index >= 15 is 0 Å². The monoisotopic (exact) mass is 326 g/mol. The van der Waals surface area contributed by atoms with Crippen molar-refractivity contribution in [2.45, 2.75) is 32.5 Å². The second-order valence-corrected chi connectivity index (χ2v) is 6.36. The fraction of sp³-hybridized carbons (Fsp3) is 0.500. The minimum absolute atomic E-state index is 0.0824. The Labute approximate surface area is 122 Å². The summed E-state index contributed by atoms with van der Waals surface area (Å²) in [5.41, 5.74) is 0.112. The van der Waals surface area contributed by atoms with Gasteiger partial charge in [-0.05, 0) is 30.5 Å². The smallest absolute Gasteiger partial charge is 0.248 e. The van der Waals surface area contributed by atoms with Gasteiger partial charge in [0, 0.05) is 11.5 Å². The van der Waals surface area contributed by atoms with Crippen LogP contribution in [0, 0.1) is 5.92 Å². The summed E-state index contributed by atoms with van der Waals surface area (Å²) in [6, 6.07) is 6.83. The van der Waals surface area contributed by atoms with Crippen LogP contribution < -0.4 is 0 Å². The zero-order valence-corrected chi connectivity index (χ0v) is 13.2. The summed E-state index contributed by atoms with van der Waals surface area (Å²) in [6.07, 6.45) is 0. The summed E-state index contributed by atoms with van der Waals surface area (Å²) in [6.45, 7) is 5.88. The average molecular weight is 327 g/mol. The van der Waals surface area contributed by atoms with Crippen molar-refractivity contribution in [2.24, 2.45) is 5.92 Å². The van der Waals surface area contributed by atoms with Crippen molar-refractivity contribution >= 4 is 21.8 Å². The number of hydroxylamine groups is 2. The van der Waals surface area contributed by atoms with Crippen LogP contribution in [0.1, 0.15) is 32.4 Å². The molecule has 0 bridgehead atoms. The molecule has 104 valence electrons. The molecule has 1 heterocycles. The molecule has 19 heavy (non-hydrogen) atoms. The van der Waals surface area contributed by atoms with Gasteiger partial charge >= 0.3 is 0 Å². The third-order valence-electron chi connectivity index (χ3n) is 4.23. The van der Waals surface area contributed by atoms with E-state index < -0.39 is 11.7 Å². The lowest BCUT2D eigenvalue weighted by Crippen LogP contribution is -2.52. The number of carbonyl (C=O) groups excluding carboxylic acids is 1. The van der Waals surface area contributed by atoms with E-state index in [9.17, 15) is 10.0 Å². The van der Waals surface area contributed by atoms with Crippen molar-refractivity contribution in [2.75, 3.05) is 7.05 Å². The Hall–Kier alpha value is -0.910. The normalized spacial score (nSPS) is 28.5. The van der Waals surface area contributed by atoms with Gasteiger partial charge in [-0.3, -0.25) is 4.79 Å². The van der Waals surface area contributed by atoms with E-state index in [0.29, 0.717) is 0 Å². The van der Waals surface area contributed by atoms with Crippen LogP contribution in [0.15, 0.2) is 28.7 Å². The molecule has 0 aromatic heterocycles. The molecule has 2 rings (SSSR count). The highest BCUT2D eigenvalue weighted by Gasteiger charge is 2.54. The first-order valence-corrected chi connectivity index (χ1v) is 7.10. The third kappa shape index (κ3) is 2.10. The Kier molecular flexibility index (Phi) is 3.73. The first kappa shape index (κ1) is 14.5. The van der Waals surface area contributed by atoms with Gasteiger partial charge in [-0.1, -0.05) is 41.9 Å². The highest BCUT2D eigenvalue weighted by atomic mass is 79.9. The summed E-state index contributed by atoms with van der Waals surface area (Å²) in [4.78, 5) is 14.1. The van der Waals surface area contributed by atoms with Crippen molar-refractivity contribution in [1.82, 2.24) is 9.96 Å². The van der Waals surface area contributed by atoms with Crippen molar-refractivity contribution in [3.05, 3.63) is 34.3 Å². The van der Waals surface area contributed by atoms with E-state index in [1.165, 1.54) is 5.06 Å². The van der Waals surface area contributed by atoms with Crippen LogP contribution in [0.25, 0.3) is 0 Å². The molecule has 1 saturated heterocycles. The lowest BCUT2D eigenvalue weighted by Gasteiger charge is -2.39. The molecule has 2 atom stereocenters. The van der Waals surface area contributed by atoms with Crippen molar-refractivity contribution < 1.29 is 10.0 Å². The maximum absolute atomic E-state index is 12.4. The van der Waals surface area contributed by atoms with Gasteiger partial charge in [0.25, 0.3) is 0 Å². The van der Waals surface area contributed by atoms with E-state index in [-0.39, 0.29) is 11.8 Å². The Bertz CT molecular complexity index is 489. The van der Waals surface area contributed by atoms with Crippen molar-refractivity contribution in [3.8, 4) is 0 Å². The quantitative estimate of drug-likeness (QED) is 0.908. The van der Waals surface area contributed by atoms with E-state index in [2.05, 4.69) is 15.9 Å². The molecule has 0 radical (unpaired) electrons. The van der Waals surface area contributed by atoms with Crippen molar-refractivity contribution in [3.63, 3.8) is 0 Å². The van der Waals surface area contributed by atoms with E-state index in [1.807, 2.05) is 45.0 Å². The van der Waals surface area contributed by atoms with Gasteiger partial charge in [0.15, 0.2) is 0 Å². The molecular weight excluding hydrogens is 308 g/mol. The molecular formula is C14H19BrN2O2. The number of likely N-dealkylation sites (N-methyl/N-ethyl adjacent to an activating group) is 1. The van der Waals surface area contributed by atoms with E-state index in [4.69, 9.17) is 0 Å². The number of benzene rings is 1. The Morgan fingerprint density at radius 1 is 1.32 bits per heavy atom. The van der Waals surface area contributed by atoms with Crippen LogP contribution >= 0.6 is 15.9 Å². The second-order valence-electron chi connectivity index (χ2n) is 5.44. The molecule has 1 aliphatic rings. The van der Waals surface area contributed by atoms with E-state index in [0.717, 1.165) is 10.0 Å². The number of carbonyl (C=O) groups is 1. The van der Waals surface area contributed by atoms with Gasteiger partial charge in [0.1, 0.15) is 11.7 Å². The maximum atomic E-state index is 12.4. The van der Waals surface area contributed by atoms with Crippen LogP contribution in [0.3, 0.4) is 0 Å². The number of hydrogen-bond donors (Lipinski definition) is 1. The molecule has 0 saturated carbocycles. The fourth-order valence-electron chi connectivity index (χ4n) is 2.51. The number of hydrogen-bond acceptors (Lipinski definition) is 3. The summed E-state index contributed by atoms with van der Waals surface area (Å²) < 4.78 is 0.950. The van der Waals surface area contributed by atoms with Crippen molar-refractivity contribution in [1.29, 1.82) is 0 Å². The van der Waals surface area contributed by atoms with Crippen LogP contribution in [-0.4, -0.2) is 33.8 Å². The molecule has 1 aliphatic heterocycles. The summed E-state index contributed by atoms with van der Waals surface area (Å²) in [5, 5.41) is 11.7. The molecule has 1 N–H and O–H groups in total. The first-order chi connectivity index (χ1) is 8.80. The highest BCUT2D eigenvalue weighted by molar-refractivity contribution is 9.10. The number of halogens is 1. The maximum Gasteiger partial charge on any atom is 0.248 e. The van der Waals surface area contributed by atoms with Gasteiger partial charge in [-0.25, -0.2) is 0 Å². The molecule has 4 nitrogen and oxygen atoms in total. The van der Waals surface area contributed by atoms with Gasteiger partial charge in [0.05, 0.1) is 0 Å². The van der Waals surface area contributed by atoms with E-state index in [1.54, 1.807) is 11.9 Å². The molecule has 0 unspecified atom stereocenters. The van der Waals surface area contributed by atoms with Crippen LogP contribution in [0.2, 0.25) is 0 Å². The number of amides is 1. The second kappa shape index (κ2) is 4.89. The number of nitrogens with zero attached hydrogens (tertiary/aromatic N) is 2. The topological polar surface area (TPSA) is 43.8 Å². The molecule has 1 aromatic rings. The molecule has 0 spiro atoms. The van der Waals surface area contributed by atoms with Crippen LogP contribution in [-0.2, 0) is 4.79 Å². The van der Waals surface area contributed by atoms with Crippen LogP contribution in [0.5, 0.6) is 0 Å². The highest BCUT2D eigenvalue weighted by Crippen LogP contribution is 2.41. The molecule has 5 heteroatoms. The first-order valence-electron chi connectivity index (χ1n) is 6.31. The zero-order chi connectivity index (χ0) is 14.4. The summed E-state index contributed by atoms with van der Waals surface area (Å²) in [5.74, 6) is 0.0351. The Morgan fingerprint density at radius 3 is 2.26 bits per heavy atom. The molecule has 1 fully saturated rings. The van der Waals surface area contributed by atoms with Gasteiger partial charge in [0.2, 0.25) is 5.91 Å².